The number of aromatic nitrogens is 2. The highest BCUT2D eigenvalue weighted by Crippen LogP contribution is 2.38. The summed E-state index contributed by atoms with van der Waals surface area (Å²) >= 11 is 6.59. The van der Waals surface area contributed by atoms with E-state index in [9.17, 15) is 5.26 Å². The number of imidazole rings is 1. The van der Waals surface area contributed by atoms with Gasteiger partial charge in [0.25, 0.3) is 0 Å². The van der Waals surface area contributed by atoms with Crippen LogP contribution in [0.4, 0.5) is 0 Å². The van der Waals surface area contributed by atoms with Gasteiger partial charge in [-0.2, -0.15) is 5.26 Å². The van der Waals surface area contributed by atoms with E-state index in [1.165, 1.54) is 5.39 Å². The van der Waals surface area contributed by atoms with Crippen LogP contribution < -0.4 is 9.47 Å². The van der Waals surface area contributed by atoms with Gasteiger partial charge in [-0.1, -0.05) is 54.1 Å². The fourth-order valence-electron chi connectivity index (χ4n) is 4.02. The Morgan fingerprint density at radius 3 is 2.69 bits per heavy atom. The molecule has 1 aromatic heterocycles. The number of hydrogen-bond donors (Lipinski definition) is 1. The molecule has 0 aliphatic carbocycles. The lowest BCUT2D eigenvalue weighted by atomic mass is 10.1. The number of benzene rings is 4. The van der Waals surface area contributed by atoms with Crippen LogP contribution in [0.3, 0.4) is 0 Å². The molecular weight excluding hydrogens is 458 g/mol. The predicted octanol–water partition coefficient (Wildman–Crippen LogP) is 7.33. The van der Waals surface area contributed by atoms with Crippen molar-refractivity contribution in [1.29, 1.82) is 5.26 Å². The molecule has 0 unspecified atom stereocenters. The number of aryl methyl sites for hydroxylation is 1. The number of halogens is 1. The summed E-state index contributed by atoms with van der Waals surface area (Å²) in [4.78, 5) is 7.78. The number of methoxy groups -OCH3 is 1. The number of hydrogen-bond acceptors (Lipinski definition) is 4. The monoisotopic (exact) mass is 479 g/mol. The molecule has 6 heteroatoms. The van der Waals surface area contributed by atoms with Crippen molar-refractivity contribution >= 4 is 45.1 Å². The van der Waals surface area contributed by atoms with Crippen LogP contribution >= 0.6 is 11.6 Å². The quantitative estimate of drug-likeness (QED) is 0.259. The number of rotatable bonds is 6. The van der Waals surface area contributed by atoms with Gasteiger partial charge in [0.1, 0.15) is 18.5 Å². The van der Waals surface area contributed by atoms with Crippen LogP contribution in [0.15, 0.2) is 72.8 Å². The highest BCUT2D eigenvalue weighted by molar-refractivity contribution is 6.32. The number of aromatic amines is 1. The molecule has 0 spiro atoms. The van der Waals surface area contributed by atoms with E-state index in [1.807, 2.05) is 43.3 Å². The van der Waals surface area contributed by atoms with E-state index < -0.39 is 0 Å². The molecule has 0 bridgehead atoms. The molecule has 0 saturated heterocycles. The summed E-state index contributed by atoms with van der Waals surface area (Å²) in [5.41, 5.74) is 4.93. The summed E-state index contributed by atoms with van der Waals surface area (Å²) < 4.78 is 11.6. The minimum atomic E-state index is 0.345. The Morgan fingerprint density at radius 2 is 1.89 bits per heavy atom. The zero-order valence-corrected chi connectivity index (χ0v) is 20.1. The molecule has 172 valence electrons. The van der Waals surface area contributed by atoms with Gasteiger partial charge in [-0.25, -0.2) is 4.98 Å². The van der Waals surface area contributed by atoms with Crippen LogP contribution in [0.1, 0.15) is 22.5 Å². The number of nitrogens with zero attached hydrogens (tertiary/aromatic N) is 2. The third-order valence-electron chi connectivity index (χ3n) is 5.77. The molecule has 1 N–H and O–H groups in total. The van der Waals surface area contributed by atoms with Crippen LogP contribution in [0.25, 0.3) is 33.5 Å². The molecule has 0 fully saturated rings. The number of nitriles is 1. The molecule has 0 atom stereocenters. The van der Waals surface area contributed by atoms with Crippen LogP contribution in [-0.2, 0) is 6.61 Å². The maximum Gasteiger partial charge on any atom is 0.180 e. The molecule has 5 rings (SSSR count). The standard InChI is InChI=1S/C29H22ClN3O2/c1-18-7-10-25-26(11-18)33-29(32-25)23(16-31)13-20-14-24(30)28(27(15-20)34-2)35-17-19-8-9-21-5-3-4-6-22(21)12-19/h3-15H,17H2,1-2H3,(H,32,33)/b23-13-. The minimum absolute atomic E-state index is 0.345. The van der Waals surface area contributed by atoms with E-state index in [2.05, 4.69) is 40.3 Å². The first kappa shape index (κ1) is 22.5. The average Bonchev–Trinajstić information content (AvgIpc) is 3.29. The van der Waals surface area contributed by atoms with Crippen molar-refractivity contribution in [2.24, 2.45) is 0 Å². The van der Waals surface area contributed by atoms with Gasteiger partial charge in [0.2, 0.25) is 0 Å². The van der Waals surface area contributed by atoms with Crippen molar-refractivity contribution in [3.63, 3.8) is 0 Å². The number of nitrogens with one attached hydrogen (secondary N) is 1. The first-order valence-electron chi connectivity index (χ1n) is 11.1. The SMILES string of the molecule is COc1cc(/C=C(/C#N)c2nc3ccc(C)cc3[nH]2)cc(Cl)c1OCc1ccc2ccccc2c1. The van der Waals surface area contributed by atoms with E-state index in [0.717, 1.165) is 27.5 Å². The third-order valence-corrected chi connectivity index (χ3v) is 6.05. The lowest BCUT2D eigenvalue weighted by Crippen LogP contribution is -1.99. The molecule has 5 nitrogen and oxygen atoms in total. The van der Waals surface area contributed by atoms with Crippen molar-refractivity contribution in [2.45, 2.75) is 13.5 Å². The van der Waals surface area contributed by atoms with Crippen molar-refractivity contribution < 1.29 is 9.47 Å². The zero-order valence-electron chi connectivity index (χ0n) is 19.3. The highest BCUT2D eigenvalue weighted by Gasteiger charge is 2.14. The summed E-state index contributed by atoms with van der Waals surface area (Å²) in [6.07, 6.45) is 1.73. The molecular formula is C29H22ClN3O2. The molecule has 1 heterocycles. The van der Waals surface area contributed by atoms with Gasteiger partial charge >= 0.3 is 0 Å². The van der Waals surface area contributed by atoms with Gasteiger partial charge in [-0.05, 0) is 70.8 Å². The molecule has 0 saturated carbocycles. The molecule has 0 aliphatic rings. The molecule has 0 radical (unpaired) electrons. The maximum absolute atomic E-state index is 9.79. The van der Waals surface area contributed by atoms with E-state index in [4.69, 9.17) is 21.1 Å². The van der Waals surface area contributed by atoms with Crippen molar-refractivity contribution in [1.82, 2.24) is 9.97 Å². The van der Waals surface area contributed by atoms with Crippen molar-refractivity contribution in [3.8, 4) is 17.6 Å². The molecule has 0 amide bonds. The highest BCUT2D eigenvalue weighted by atomic mass is 35.5. The second-order valence-electron chi connectivity index (χ2n) is 8.28. The maximum atomic E-state index is 9.79. The zero-order chi connectivity index (χ0) is 24.4. The fourth-order valence-corrected chi connectivity index (χ4v) is 4.29. The Bertz CT molecular complexity index is 1630. The largest absolute Gasteiger partial charge is 0.493 e. The van der Waals surface area contributed by atoms with Crippen molar-refractivity contribution in [3.05, 3.63) is 100 Å². The topological polar surface area (TPSA) is 70.9 Å². The smallest absolute Gasteiger partial charge is 0.180 e. The fraction of sp³-hybridized carbons (Fsp3) is 0.103. The van der Waals surface area contributed by atoms with Gasteiger partial charge in [-0.15, -0.1) is 0 Å². The molecule has 4 aromatic carbocycles. The Labute approximate surface area is 208 Å². The van der Waals surface area contributed by atoms with Gasteiger partial charge in [-0.3, -0.25) is 0 Å². The Morgan fingerprint density at radius 1 is 1.06 bits per heavy atom. The van der Waals surface area contributed by atoms with Crippen LogP contribution in [0.2, 0.25) is 5.02 Å². The first-order chi connectivity index (χ1) is 17.0. The lowest BCUT2D eigenvalue weighted by molar-refractivity contribution is 0.285. The van der Waals surface area contributed by atoms with E-state index >= 15 is 0 Å². The number of ether oxygens (including phenoxy) is 2. The summed E-state index contributed by atoms with van der Waals surface area (Å²) in [5, 5.41) is 12.5. The van der Waals surface area contributed by atoms with E-state index in [0.29, 0.717) is 40.1 Å². The molecule has 35 heavy (non-hydrogen) atoms. The second kappa shape index (κ2) is 9.54. The second-order valence-corrected chi connectivity index (χ2v) is 8.69. The minimum Gasteiger partial charge on any atom is -0.493 e. The Hall–Kier alpha value is -4.27. The summed E-state index contributed by atoms with van der Waals surface area (Å²) in [6.45, 7) is 2.36. The Balaban J connectivity index is 1.42. The van der Waals surface area contributed by atoms with Gasteiger partial charge < -0.3 is 14.5 Å². The summed E-state index contributed by atoms with van der Waals surface area (Å²) in [6, 6.07) is 26.1. The first-order valence-corrected chi connectivity index (χ1v) is 11.5. The van der Waals surface area contributed by atoms with Crippen molar-refractivity contribution in [2.75, 3.05) is 7.11 Å². The number of fused-ring (bicyclic) bond motifs is 2. The van der Waals surface area contributed by atoms with Crippen LogP contribution in [0, 0.1) is 18.3 Å². The normalized spacial score (nSPS) is 11.5. The van der Waals surface area contributed by atoms with Gasteiger partial charge in [0, 0.05) is 0 Å². The van der Waals surface area contributed by atoms with Crippen LogP contribution in [0.5, 0.6) is 11.5 Å². The van der Waals surface area contributed by atoms with E-state index in [-0.39, 0.29) is 0 Å². The number of allylic oxidation sites excluding steroid dienone is 1. The van der Waals surface area contributed by atoms with Gasteiger partial charge in [0.05, 0.1) is 28.7 Å². The third kappa shape index (κ3) is 4.70. The van der Waals surface area contributed by atoms with Crippen LogP contribution in [-0.4, -0.2) is 17.1 Å². The average molecular weight is 480 g/mol. The number of H-pyrrole nitrogens is 1. The van der Waals surface area contributed by atoms with Gasteiger partial charge in [0.15, 0.2) is 11.5 Å². The molecule has 0 aliphatic heterocycles. The lowest BCUT2D eigenvalue weighted by Gasteiger charge is -2.14. The Kier molecular flexibility index (Phi) is 6.13. The van der Waals surface area contributed by atoms with E-state index in [1.54, 1.807) is 25.3 Å². The summed E-state index contributed by atoms with van der Waals surface area (Å²) in [5.74, 6) is 1.44. The predicted molar refractivity (Wildman–Crippen MR) is 141 cm³/mol. The summed E-state index contributed by atoms with van der Waals surface area (Å²) in [7, 11) is 1.56. The molecule has 5 aromatic rings.